The number of carbonyl (C=O) groups is 2. The first-order chi connectivity index (χ1) is 19.0. The molecule has 40 heavy (non-hydrogen) atoms. The Labute approximate surface area is 249 Å². The summed E-state index contributed by atoms with van der Waals surface area (Å²) in [5.41, 5.74) is 2.02. The summed E-state index contributed by atoms with van der Waals surface area (Å²) in [5, 5.41) is 2.53. The lowest BCUT2D eigenvalue weighted by atomic mass is 9.96. The summed E-state index contributed by atoms with van der Waals surface area (Å²) >= 11 is 19.2. The molecule has 0 spiro atoms. The number of thiazole rings is 1. The molecule has 210 valence electrons. The van der Waals surface area contributed by atoms with E-state index in [1.54, 1.807) is 51.1 Å². The zero-order valence-electron chi connectivity index (χ0n) is 21.8. The van der Waals surface area contributed by atoms with E-state index in [2.05, 4.69) is 10.3 Å². The van der Waals surface area contributed by atoms with Gasteiger partial charge in [0.2, 0.25) is 15.9 Å². The van der Waals surface area contributed by atoms with Crippen LogP contribution >= 0.6 is 46.1 Å². The van der Waals surface area contributed by atoms with E-state index in [1.165, 1.54) is 15.9 Å². The maximum Gasteiger partial charge on any atom is 0.338 e. The van der Waals surface area contributed by atoms with Crippen LogP contribution in [0, 0.1) is 0 Å². The molecule has 1 aromatic heterocycles. The Morgan fingerprint density at radius 3 is 2.40 bits per heavy atom. The Bertz CT molecular complexity index is 1610. The molecule has 1 N–H and O–H groups in total. The number of nitrogens with zero attached hydrogens (tertiary/aromatic N) is 2. The van der Waals surface area contributed by atoms with Gasteiger partial charge in [0.1, 0.15) is 5.75 Å². The van der Waals surface area contributed by atoms with Crippen molar-refractivity contribution in [2.24, 2.45) is 4.99 Å². The molecule has 0 fully saturated rings. The van der Waals surface area contributed by atoms with Gasteiger partial charge in [-0.3, -0.25) is 14.2 Å². The van der Waals surface area contributed by atoms with Gasteiger partial charge in [-0.2, -0.15) is 0 Å². The number of ether oxygens (including phenoxy) is 2. The van der Waals surface area contributed by atoms with Gasteiger partial charge >= 0.3 is 5.97 Å². The molecule has 12 heteroatoms. The van der Waals surface area contributed by atoms with Gasteiger partial charge in [0, 0.05) is 6.42 Å². The normalized spacial score (nSPS) is 16.1. The predicted molar refractivity (Wildman–Crippen MR) is 156 cm³/mol. The summed E-state index contributed by atoms with van der Waals surface area (Å²) in [7, 11) is 0. The molecular formula is C28H26Cl3N3O5S. The molecule has 0 saturated carbocycles. The van der Waals surface area contributed by atoms with Crippen LogP contribution in [0.15, 0.2) is 75.7 Å². The van der Waals surface area contributed by atoms with Crippen LogP contribution in [-0.4, -0.2) is 33.1 Å². The number of alkyl halides is 3. The largest absolute Gasteiger partial charge is 0.466 e. The molecule has 2 atom stereocenters. The summed E-state index contributed by atoms with van der Waals surface area (Å²) in [5.74, 6) is -0.491. The lowest BCUT2D eigenvalue weighted by molar-refractivity contribution is -0.139. The lowest BCUT2D eigenvalue weighted by Gasteiger charge is -2.26. The molecule has 2 heterocycles. The minimum atomic E-state index is -1.90. The van der Waals surface area contributed by atoms with Gasteiger partial charge in [-0.15, -0.1) is 0 Å². The maximum absolute atomic E-state index is 13.7. The zero-order chi connectivity index (χ0) is 29.0. The fourth-order valence-corrected chi connectivity index (χ4v) is 5.44. The number of allylic oxidation sites excluding steroid dienone is 1. The molecule has 8 nitrogen and oxygen atoms in total. The first-order valence-corrected chi connectivity index (χ1v) is 14.4. The highest BCUT2D eigenvalue weighted by molar-refractivity contribution is 7.07. The van der Waals surface area contributed by atoms with Crippen LogP contribution in [-0.2, 0) is 14.3 Å². The van der Waals surface area contributed by atoms with Crippen molar-refractivity contribution in [1.82, 2.24) is 9.88 Å². The van der Waals surface area contributed by atoms with Gasteiger partial charge in [0.05, 0.1) is 28.5 Å². The Hall–Kier alpha value is -3.11. The van der Waals surface area contributed by atoms with Crippen LogP contribution < -0.4 is 24.9 Å². The van der Waals surface area contributed by atoms with E-state index in [4.69, 9.17) is 44.3 Å². The third-order valence-electron chi connectivity index (χ3n) is 5.97. The molecular weight excluding hydrogens is 597 g/mol. The third kappa shape index (κ3) is 6.61. The van der Waals surface area contributed by atoms with Crippen LogP contribution in [0.25, 0.3) is 6.08 Å². The smallest absolute Gasteiger partial charge is 0.338 e. The van der Waals surface area contributed by atoms with Crippen LogP contribution in [0.4, 0.5) is 0 Å². The molecule has 1 aliphatic rings. The molecule has 0 aliphatic carbocycles. The quantitative estimate of drug-likeness (QED) is 0.228. The van der Waals surface area contributed by atoms with Crippen molar-refractivity contribution < 1.29 is 19.1 Å². The number of nitrogens with one attached hydrogen (secondary N) is 1. The highest BCUT2D eigenvalue weighted by Gasteiger charge is 2.36. The van der Waals surface area contributed by atoms with Crippen LogP contribution in [0.1, 0.15) is 44.4 Å². The van der Waals surface area contributed by atoms with Crippen molar-refractivity contribution in [3.8, 4) is 5.75 Å². The fraction of sp³-hybridized carbons (Fsp3) is 0.286. The highest BCUT2D eigenvalue weighted by Crippen LogP contribution is 2.32. The number of benzene rings is 2. The molecule has 4 rings (SSSR count). The van der Waals surface area contributed by atoms with Gasteiger partial charge < -0.3 is 14.8 Å². The molecule has 0 bridgehead atoms. The van der Waals surface area contributed by atoms with Crippen molar-refractivity contribution >= 4 is 64.1 Å². The van der Waals surface area contributed by atoms with E-state index in [0.29, 0.717) is 31.9 Å². The number of carbonyl (C=O) groups excluding carboxylic acids is 2. The topological polar surface area (TPSA) is 99.0 Å². The van der Waals surface area contributed by atoms with Crippen molar-refractivity contribution in [2.75, 3.05) is 6.61 Å². The number of hydrogen-bond acceptors (Lipinski definition) is 7. The summed E-state index contributed by atoms with van der Waals surface area (Å²) in [6.07, 6.45) is 0.724. The molecule has 2 aromatic carbocycles. The summed E-state index contributed by atoms with van der Waals surface area (Å²) in [6.45, 7) is 5.35. The second-order valence-electron chi connectivity index (χ2n) is 8.74. The number of amides is 1. The molecule has 3 aromatic rings. The second kappa shape index (κ2) is 12.6. The first kappa shape index (κ1) is 29.9. The predicted octanol–water partition coefficient (Wildman–Crippen LogP) is 4.40. The lowest BCUT2D eigenvalue weighted by Crippen LogP contribution is -2.47. The Balaban J connectivity index is 1.71. The molecule has 1 amide bonds. The molecule has 0 saturated heterocycles. The van der Waals surface area contributed by atoms with E-state index in [1.807, 2.05) is 30.3 Å². The van der Waals surface area contributed by atoms with E-state index in [9.17, 15) is 14.4 Å². The Morgan fingerprint density at radius 1 is 1.12 bits per heavy atom. The van der Waals surface area contributed by atoms with E-state index >= 15 is 0 Å². The van der Waals surface area contributed by atoms with Gasteiger partial charge in [0.25, 0.3) is 5.56 Å². The number of hydrogen-bond donors (Lipinski definition) is 1. The first-order valence-electron chi connectivity index (χ1n) is 12.4. The SMILES string of the molecule is CCOC(=O)C1=C(C)N=c2s/c(=C/c3ccc(O[C@@H](NC(=O)CC)C(Cl)(Cl)Cl)cc3)c(=O)n2[C@@H]1c1ccccc1. The summed E-state index contributed by atoms with van der Waals surface area (Å²) < 4.78 is 11.1. The Morgan fingerprint density at radius 2 is 1.80 bits per heavy atom. The number of rotatable bonds is 8. The summed E-state index contributed by atoms with van der Waals surface area (Å²) in [4.78, 5) is 43.5. The number of aromatic nitrogens is 1. The van der Waals surface area contributed by atoms with E-state index in [0.717, 1.165) is 5.56 Å². The summed E-state index contributed by atoms with van der Waals surface area (Å²) in [6, 6.07) is 15.4. The monoisotopic (exact) mass is 621 g/mol. The minimum absolute atomic E-state index is 0.197. The van der Waals surface area contributed by atoms with Gasteiger partial charge in [-0.1, -0.05) is 95.5 Å². The highest BCUT2D eigenvalue weighted by atomic mass is 35.6. The van der Waals surface area contributed by atoms with Gasteiger partial charge in [-0.25, -0.2) is 9.79 Å². The standard InChI is InChI=1S/C28H26Cl3N3O5S/c1-4-21(35)33-26(28(29,30)31)39-19-13-11-17(12-14-19)15-20-24(36)34-23(18-9-7-6-8-10-18)22(25(37)38-5-2)16(3)32-27(34)40-20/h6-15,23,26H,4-5H2,1-3H3,(H,33,35)/b20-15+/t23-,26-/m1/s1. The molecule has 0 unspecified atom stereocenters. The second-order valence-corrected chi connectivity index (χ2v) is 12.1. The van der Waals surface area contributed by atoms with E-state index in [-0.39, 0.29) is 24.5 Å². The average Bonchev–Trinajstić information content (AvgIpc) is 3.22. The number of fused-ring (bicyclic) bond motifs is 1. The molecule has 1 aliphatic heterocycles. The van der Waals surface area contributed by atoms with Crippen molar-refractivity contribution in [3.05, 3.63) is 96.7 Å². The fourth-order valence-electron chi connectivity index (χ4n) is 4.10. The van der Waals surface area contributed by atoms with E-state index < -0.39 is 22.0 Å². The Kier molecular flexibility index (Phi) is 9.41. The average molecular weight is 623 g/mol. The minimum Gasteiger partial charge on any atom is -0.466 e. The maximum atomic E-state index is 13.7. The van der Waals surface area contributed by atoms with Gasteiger partial charge in [-0.05, 0) is 43.2 Å². The zero-order valence-corrected chi connectivity index (χ0v) is 24.9. The van der Waals surface area contributed by atoms with Crippen LogP contribution in [0.2, 0.25) is 0 Å². The van der Waals surface area contributed by atoms with Gasteiger partial charge in [0.15, 0.2) is 4.80 Å². The number of esters is 1. The van der Waals surface area contributed by atoms with Crippen molar-refractivity contribution in [1.29, 1.82) is 0 Å². The number of halogens is 3. The van der Waals surface area contributed by atoms with Crippen LogP contribution in [0.3, 0.4) is 0 Å². The van der Waals surface area contributed by atoms with Crippen molar-refractivity contribution in [2.45, 2.75) is 43.3 Å². The third-order valence-corrected chi connectivity index (χ3v) is 7.55. The van der Waals surface area contributed by atoms with Crippen LogP contribution in [0.5, 0.6) is 5.75 Å². The molecule has 0 radical (unpaired) electrons. The van der Waals surface area contributed by atoms with Crippen molar-refractivity contribution in [3.63, 3.8) is 0 Å².